The average Bonchev–Trinajstić information content (AvgIpc) is 3.28. The van der Waals surface area contributed by atoms with Gasteiger partial charge in [0.1, 0.15) is 4.90 Å². The van der Waals surface area contributed by atoms with Crippen LogP contribution in [0.5, 0.6) is 0 Å². The predicted molar refractivity (Wildman–Crippen MR) is 120 cm³/mol. The topological polar surface area (TPSA) is 83.6 Å². The van der Waals surface area contributed by atoms with Gasteiger partial charge in [-0.25, -0.2) is 8.42 Å². The van der Waals surface area contributed by atoms with E-state index < -0.39 is 15.9 Å². The van der Waals surface area contributed by atoms with E-state index >= 15 is 0 Å². The number of para-hydroxylation sites is 2. The van der Waals surface area contributed by atoms with Gasteiger partial charge in [0.05, 0.1) is 16.3 Å². The van der Waals surface area contributed by atoms with Crippen LogP contribution in [0.4, 0.5) is 11.4 Å². The normalized spacial score (nSPS) is 11.1. The Morgan fingerprint density at radius 3 is 2.30 bits per heavy atom. The maximum absolute atomic E-state index is 13.3. The van der Waals surface area contributed by atoms with Crippen molar-refractivity contribution in [2.75, 3.05) is 16.2 Å². The number of ketones is 1. The first kappa shape index (κ1) is 21.7. The Hall–Kier alpha value is -2.97. The number of benzene rings is 2. The summed E-state index contributed by atoms with van der Waals surface area (Å²) in [6.07, 6.45) is 0.0354. The number of rotatable bonds is 9. The van der Waals surface area contributed by atoms with Crippen LogP contribution in [-0.2, 0) is 14.8 Å². The number of hydrogen-bond acceptors (Lipinski definition) is 5. The highest BCUT2D eigenvalue weighted by Crippen LogP contribution is 2.28. The molecule has 0 fully saturated rings. The third-order valence-electron chi connectivity index (χ3n) is 4.44. The molecule has 0 saturated heterocycles. The molecule has 1 heterocycles. The van der Waals surface area contributed by atoms with Crippen LogP contribution in [0.15, 0.2) is 77.0 Å². The molecule has 0 atom stereocenters. The molecule has 2 aromatic carbocycles. The lowest BCUT2D eigenvalue weighted by atomic mass is 10.2. The van der Waals surface area contributed by atoms with Crippen molar-refractivity contribution < 1.29 is 18.0 Å². The van der Waals surface area contributed by atoms with E-state index in [1.165, 1.54) is 21.7 Å². The predicted octanol–water partition coefficient (Wildman–Crippen LogP) is 4.56. The second kappa shape index (κ2) is 9.69. The van der Waals surface area contributed by atoms with E-state index in [4.69, 9.17) is 0 Å². The molecule has 0 aliphatic carbocycles. The maximum Gasteiger partial charge on any atom is 0.266 e. The van der Waals surface area contributed by atoms with E-state index in [9.17, 15) is 18.0 Å². The summed E-state index contributed by atoms with van der Waals surface area (Å²) in [5, 5.41) is 4.46. The molecule has 0 aliphatic rings. The van der Waals surface area contributed by atoms with Gasteiger partial charge in [-0.05, 0) is 42.6 Å². The number of nitrogens with zero attached hydrogens (tertiary/aromatic N) is 1. The molecule has 3 aromatic rings. The number of amides is 1. The molecule has 8 heteroatoms. The minimum atomic E-state index is -3.89. The van der Waals surface area contributed by atoms with Gasteiger partial charge in [0.15, 0.2) is 5.78 Å². The van der Waals surface area contributed by atoms with E-state index in [0.717, 1.165) is 0 Å². The highest BCUT2D eigenvalue weighted by molar-refractivity contribution is 7.93. The van der Waals surface area contributed by atoms with Crippen LogP contribution in [0.1, 0.15) is 29.4 Å². The lowest BCUT2D eigenvalue weighted by molar-refractivity contribution is -0.116. The molecule has 156 valence electrons. The monoisotopic (exact) mass is 442 g/mol. The van der Waals surface area contributed by atoms with E-state index in [-0.39, 0.29) is 35.8 Å². The first-order chi connectivity index (χ1) is 14.4. The SMILES string of the molecule is CCN(c1ccccc1)S(=O)(=O)c1ccccc1NC(=O)CCC(=O)c1cccs1. The third kappa shape index (κ3) is 4.95. The van der Waals surface area contributed by atoms with Crippen molar-refractivity contribution in [2.45, 2.75) is 24.7 Å². The molecule has 1 N–H and O–H groups in total. The van der Waals surface area contributed by atoms with E-state index in [0.29, 0.717) is 10.6 Å². The van der Waals surface area contributed by atoms with Crippen LogP contribution < -0.4 is 9.62 Å². The van der Waals surface area contributed by atoms with Crippen molar-refractivity contribution in [3.63, 3.8) is 0 Å². The first-order valence-electron chi connectivity index (χ1n) is 9.47. The minimum Gasteiger partial charge on any atom is -0.325 e. The summed E-state index contributed by atoms with van der Waals surface area (Å²) >= 11 is 1.33. The van der Waals surface area contributed by atoms with Crippen LogP contribution in [0, 0.1) is 0 Å². The van der Waals surface area contributed by atoms with Crippen molar-refractivity contribution in [1.82, 2.24) is 0 Å². The Balaban J connectivity index is 1.78. The lowest BCUT2D eigenvalue weighted by Crippen LogP contribution is -2.31. The van der Waals surface area contributed by atoms with Gasteiger partial charge in [0.2, 0.25) is 5.91 Å². The Labute approximate surface area is 180 Å². The van der Waals surface area contributed by atoms with Gasteiger partial charge in [-0.2, -0.15) is 0 Å². The quantitative estimate of drug-likeness (QED) is 0.492. The molecule has 0 spiro atoms. The second-order valence-corrected chi connectivity index (χ2v) is 9.23. The summed E-state index contributed by atoms with van der Waals surface area (Å²) in [6.45, 7) is 1.99. The molecule has 0 aliphatic heterocycles. The fourth-order valence-corrected chi connectivity index (χ4v) is 5.32. The number of hydrogen-bond donors (Lipinski definition) is 1. The molecule has 30 heavy (non-hydrogen) atoms. The minimum absolute atomic E-state index is 0.00800. The summed E-state index contributed by atoms with van der Waals surface area (Å²) in [6, 6.07) is 18.6. The van der Waals surface area contributed by atoms with E-state index in [1.54, 1.807) is 66.9 Å². The van der Waals surface area contributed by atoms with Crippen molar-refractivity contribution in [2.24, 2.45) is 0 Å². The summed E-state index contributed by atoms with van der Waals surface area (Å²) in [5.41, 5.74) is 0.739. The summed E-state index contributed by atoms with van der Waals surface area (Å²) in [5.74, 6) is -0.521. The number of thiophene rings is 1. The number of sulfonamides is 1. The fourth-order valence-electron chi connectivity index (χ4n) is 3.00. The standard InChI is InChI=1S/C22H22N2O4S2/c1-2-24(17-9-4-3-5-10-17)30(27,28)21-13-7-6-11-18(21)23-22(26)15-14-19(25)20-12-8-16-29-20/h3-13,16H,2,14-15H2,1H3,(H,23,26). The van der Waals surface area contributed by atoms with Gasteiger partial charge in [0, 0.05) is 19.4 Å². The number of carbonyl (C=O) groups is 2. The molecule has 0 radical (unpaired) electrons. The number of Topliss-reactive ketones (excluding diaryl/α,β-unsaturated/α-hetero) is 1. The first-order valence-corrected chi connectivity index (χ1v) is 11.8. The molecule has 3 rings (SSSR count). The Bertz CT molecular complexity index is 1110. The zero-order valence-electron chi connectivity index (χ0n) is 16.4. The Morgan fingerprint density at radius 2 is 1.63 bits per heavy atom. The van der Waals surface area contributed by atoms with Crippen LogP contribution in [0.25, 0.3) is 0 Å². The summed E-state index contributed by atoms with van der Waals surface area (Å²) in [4.78, 5) is 25.1. The Morgan fingerprint density at radius 1 is 0.933 bits per heavy atom. The highest BCUT2D eigenvalue weighted by atomic mass is 32.2. The molecule has 0 bridgehead atoms. The largest absolute Gasteiger partial charge is 0.325 e. The smallest absolute Gasteiger partial charge is 0.266 e. The number of nitrogens with one attached hydrogen (secondary N) is 1. The van der Waals surface area contributed by atoms with Crippen LogP contribution in [-0.4, -0.2) is 26.7 Å². The van der Waals surface area contributed by atoms with E-state index in [1.807, 2.05) is 6.07 Å². The van der Waals surface area contributed by atoms with Crippen molar-refractivity contribution >= 4 is 44.4 Å². The van der Waals surface area contributed by atoms with Gasteiger partial charge in [-0.3, -0.25) is 13.9 Å². The maximum atomic E-state index is 13.3. The fraction of sp³-hybridized carbons (Fsp3) is 0.182. The third-order valence-corrected chi connectivity index (χ3v) is 7.31. The summed E-state index contributed by atoms with van der Waals surface area (Å²) in [7, 11) is -3.89. The van der Waals surface area contributed by atoms with Gasteiger partial charge in [-0.1, -0.05) is 36.4 Å². The Kier molecular flexibility index (Phi) is 7.02. The second-order valence-electron chi connectivity index (χ2n) is 6.45. The van der Waals surface area contributed by atoms with Crippen molar-refractivity contribution in [1.29, 1.82) is 0 Å². The number of carbonyl (C=O) groups excluding carboxylic acids is 2. The lowest BCUT2D eigenvalue weighted by Gasteiger charge is -2.24. The molecule has 1 amide bonds. The van der Waals surface area contributed by atoms with Gasteiger partial charge >= 0.3 is 0 Å². The summed E-state index contributed by atoms with van der Waals surface area (Å²) < 4.78 is 27.9. The van der Waals surface area contributed by atoms with E-state index in [2.05, 4.69) is 5.32 Å². The zero-order valence-corrected chi connectivity index (χ0v) is 18.1. The number of anilines is 2. The van der Waals surface area contributed by atoms with Gasteiger partial charge < -0.3 is 5.32 Å². The molecule has 1 aromatic heterocycles. The highest BCUT2D eigenvalue weighted by Gasteiger charge is 2.26. The molecule has 0 unspecified atom stereocenters. The van der Waals surface area contributed by atoms with Crippen molar-refractivity contribution in [3.8, 4) is 0 Å². The molecular formula is C22H22N2O4S2. The molecule has 0 saturated carbocycles. The van der Waals surface area contributed by atoms with Crippen LogP contribution in [0.3, 0.4) is 0 Å². The molecule has 6 nitrogen and oxygen atoms in total. The van der Waals surface area contributed by atoms with Crippen LogP contribution in [0.2, 0.25) is 0 Å². The van der Waals surface area contributed by atoms with Gasteiger partial charge in [-0.15, -0.1) is 11.3 Å². The molecular weight excluding hydrogens is 420 g/mol. The zero-order chi connectivity index (χ0) is 21.6. The van der Waals surface area contributed by atoms with Gasteiger partial charge in [0.25, 0.3) is 10.0 Å². The van der Waals surface area contributed by atoms with Crippen LogP contribution >= 0.6 is 11.3 Å². The van der Waals surface area contributed by atoms with Crippen molar-refractivity contribution in [3.05, 3.63) is 77.0 Å². The average molecular weight is 443 g/mol.